The van der Waals surface area contributed by atoms with Crippen molar-refractivity contribution in [2.45, 2.75) is 17.2 Å². The SMILES string of the molecule is O=C(NC[C@H]1CO[C@@H]2CN(S(=O)(=O)c3cccnc3)C[C@H]12)c1ccco1.O=C(O)C(F)(F)F. The summed E-state index contributed by atoms with van der Waals surface area (Å²) in [7, 11) is -3.58. The molecule has 2 fully saturated rings. The number of sulfonamides is 1. The zero-order valence-corrected chi connectivity index (χ0v) is 17.8. The number of amides is 1. The maximum Gasteiger partial charge on any atom is 0.490 e. The lowest BCUT2D eigenvalue weighted by molar-refractivity contribution is -0.192. The molecule has 0 saturated carbocycles. The second-order valence-electron chi connectivity index (χ2n) is 7.30. The van der Waals surface area contributed by atoms with Gasteiger partial charge in [0.15, 0.2) is 5.76 Å². The molecular formula is C19H20F3N3O7S. The molecule has 2 aromatic rings. The van der Waals surface area contributed by atoms with E-state index >= 15 is 0 Å². The molecule has 4 rings (SSSR count). The van der Waals surface area contributed by atoms with Crippen LogP contribution in [0.15, 0.2) is 52.2 Å². The number of ether oxygens (including phenoxy) is 1. The third kappa shape index (κ3) is 5.89. The van der Waals surface area contributed by atoms with E-state index in [0.717, 1.165) is 0 Å². The lowest BCUT2D eigenvalue weighted by Gasteiger charge is -2.19. The van der Waals surface area contributed by atoms with E-state index in [1.165, 1.54) is 16.8 Å². The first-order chi connectivity index (χ1) is 15.5. The van der Waals surface area contributed by atoms with Crippen LogP contribution >= 0.6 is 0 Å². The minimum absolute atomic E-state index is 0.0540. The number of nitrogens with zero attached hydrogens (tertiary/aromatic N) is 2. The molecule has 10 nitrogen and oxygen atoms in total. The van der Waals surface area contributed by atoms with Gasteiger partial charge in [-0.25, -0.2) is 13.2 Å². The molecule has 0 unspecified atom stereocenters. The third-order valence-electron chi connectivity index (χ3n) is 5.19. The van der Waals surface area contributed by atoms with E-state index in [9.17, 15) is 26.4 Å². The molecule has 2 aromatic heterocycles. The summed E-state index contributed by atoms with van der Waals surface area (Å²) in [5.74, 6) is -2.66. The molecule has 1 amide bonds. The Bertz CT molecular complexity index is 1060. The van der Waals surface area contributed by atoms with Crippen molar-refractivity contribution in [3.8, 4) is 0 Å². The van der Waals surface area contributed by atoms with Gasteiger partial charge < -0.3 is 19.6 Å². The van der Waals surface area contributed by atoms with Crippen molar-refractivity contribution in [3.63, 3.8) is 0 Å². The van der Waals surface area contributed by atoms with Gasteiger partial charge >= 0.3 is 12.1 Å². The predicted molar refractivity (Wildman–Crippen MR) is 104 cm³/mol. The molecule has 3 atom stereocenters. The van der Waals surface area contributed by atoms with E-state index in [1.54, 1.807) is 30.5 Å². The van der Waals surface area contributed by atoms with Crippen LogP contribution in [0.25, 0.3) is 0 Å². The van der Waals surface area contributed by atoms with E-state index in [2.05, 4.69) is 10.3 Å². The van der Waals surface area contributed by atoms with E-state index < -0.39 is 22.2 Å². The van der Waals surface area contributed by atoms with Gasteiger partial charge in [-0.1, -0.05) is 0 Å². The van der Waals surface area contributed by atoms with Crippen LogP contribution in [0.5, 0.6) is 0 Å². The lowest BCUT2D eigenvalue weighted by atomic mass is 9.93. The Kier molecular flexibility index (Phi) is 7.39. The van der Waals surface area contributed by atoms with E-state index in [4.69, 9.17) is 19.1 Å². The molecule has 180 valence electrons. The Morgan fingerprint density at radius 1 is 1.24 bits per heavy atom. The van der Waals surface area contributed by atoms with Gasteiger partial charge in [-0.05, 0) is 24.3 Å². The van der Waals surface area contributed by atoms with Gasteiger partial charge in [0, 0.05) is 43.9 Å². The number of rotatable bonds is 5. The Labute approximate surface area is 186 Å². The standard InChI is InChI=1S/C17H19N3O5S.C2HF3O2/c21-17(15-4-2-6-24-15)19-7-12-11-25-16-10-20(9-14(12)16)26(22,23)13-3-1-5-18-8-13;3-2(4,5)1(6)7/h1-6,8,12,14,16H,7,9-11H2,(H,19,21);(H,6,7)/t12-,14+,16+;/m0./s1. The summed E-state index contributed by atoms with van der Waals surface area (Å²) in [6.45, 7) is 1.63. The molecule has 0 bridgehead atoms. The number of hydrogen-bond acceptors (Lipinski definition) is 7. The highest BCUT2D eigenvalue weighted by Crippen LogP contribution is 2.35. The number of pyridine rings is 1. The number of furan rings is 1. The van der Waals surface area contributed by atoms with Crippen molar-refractivity contribution in [1.29, 1.82) is 0 Å². The zero-order chi connectivity index (χ0) is 24.2. The smallest absolute Gasteiger partial charge is 0.475 e. The maximum absolute atomic E-state index is 12.7. The molecule has 4 heterocycles. The zero-order valence-electron chi connectivity index (χ0n) is 16.9. The number of hydrogen-bond donors (Lipinski definition) is 2. The van der Waals surface area contributed by atoms with Crippen molar-refractivity contribution < 1.29 is 45.4 Å². The highest BCUT2D eigenvalue weighted by atomic mass is 32.2. The van der Waals surface area contributed by atoms with Crippen LogP contribution in [0.4, 0.5) is 13.2 Å². The van der Waals surface area contributed by atoms with Gasteiger partial charge in [0.05, 0.1) is 19.0 Å². The molecule has 2 N–H and O–H groups in total. The number of aromatic nitrogens is 1. The summed E-state index contributed by atoms with van der Waals surface area (Å²) < 4.78 is 69.5. The van der Waals surface area contributed by atoms with Crippen LogP contribution in [-0.2, 0) is 19.6 Å². The largest absolute Gasteiger partial charge is 0.490 e. The molecule has 0 aromatic carbocycles. The van der Waals surface area contributed by atoms with Crippen LogP contribution in [0, 0.1) is 11.8 Å². The van der Waals surface area contributed by atoms with Gasteiger partial charge in [-0.3, -0.25) is 9.78 Å². The van der Waals surface area contributed by atoms with Gasteiger partial charge in [-0.2, -0.15) is 17.5 Å². The quantitative estimate of drug-likeness (QED) is 0.640. The second kappa shape index (κ2) is 9.89. The molecule has 33 heavy (non-hydrogen) atoms. The molecule has 14 heteroatoms. The fourth-order valence-corrected chi connectivity index (χ4v) is 4.99. The number of aliphatic carboxylic acids is 1. The van der Waals surface area contributed by atoms with Crippen LogP contribution in [-0.4, -0.2) is 73.2 Å². The summed E-state index contributed by atoms with van der Waals surface area (Å²) in [4.78, 5) is 25.0. The minimum Gasteiger partial charge on any atom is -0.475 e. The summed E-state index contributed by atoms with van der Waals surface area (Å²) in [6.07, 6.45) is -0.891. The van der Waals surface area contributed by atoms with Crippen LogP contribution < -0.4 is 5.32 Å². The minimum atomic E-state index is -5.08. The molecule has 0 aliphatic carbocycles. The van der Waals surface area contributed by atoms with Crippen molar-refractivity contribution >= 4 is 21.9 Å². The predicted octanol–water partition coefficient (Wildman–Crippen LogP) is 1.37. The number of carbonyl (C=O) groups is 2. The maximum atomic E-state index is 12.7. The summed E-state index contributed by atoms with van der Waals surface area (Å²) in [5, 5.41) is 9.96. The van der Waals surface area contributed by atoms with Gasteiger partial charge in [-0.15, -0.1) is 0 Å². The molecule has 0 spiro atoms. The fourth-order valence-electron chi connectivity index (χ4n) is 3.54. The summed E-state index contributed by atoms with van der Waals surface area (Å²) in [5.41, 5.74) is 0. The number of alkyl halides is 3. The number of nitrogens with one attached hydrogen (secondary N) is 1. The monoisotopic (exact) mass is 491 g/mol. The first kappa shape index (κ1) is 24.7. The second-order valence-corrected chi connectivity index (χ2v) is 9.23. The molecule has 0 radical (unpaired) electrons. The van der Waals surface area contributed by atoms with Crippen LogP contribution in [0.1, 0.15) is 10.6 Å². The van der Waals surface area contributed by atoms with Crippen LogP contribution in [0.3, 0.4) is 0 Å². The summed E-state index contributed by atoms with van der Waals surface area (Å²) >= 11 is 0. The Morgan fingerprint density at radius 2 is 1.97 bits per heavy atom. The molecular weight excluding hydrogens is 471 g/mol. The fraction of sp³-hybridized carbons (Fsp3) is 0.421. The molecule has 2 aliphatic heterocycles. The van der Waals surface area contributed by atoms with Crippen molar-refractivity contribution in [1.82, 2.24) is 14.6 Å². The topological polar surface area (TPSA) is 139 Å². The van der Waals surface area contributed by atoms with Crippen molar-refractivity contribution in [3.05, 3.63) is 48.7 Å². The number of fused-ring (bicyclic) bond motifs is 1. The van der Waals surface area contributed by atoms with Crippen molar-refractivity contribution in [2.75, 3.05) is 26.2 Å². The van der Waals surface area contributed by atoms with E-state index in [1.807, 2.05) is 0 Å². The van der Waals surface area contributed by atoms with E-state index in [0.29, 0.717) is 26.2 Å². The van der Waals surface area contributed by atoms with Gasteiger partial charge in [0.2, 0.25) is 10.0 Å². The number of carbonyl (C=O) groups excluding carboxylic acids is 1. The Hall–Kier alpha value is -2.97. The van der Waals surface area contributed by atoms with E-state index in [-0.39, 0.29) is 34.5 Å². The highest BCUT2D eigenvalue weighted by molar-refractivity contribution is 7.89. The first-order valence-electron chi connectivity index (χ1n) is 9.63. The number of carboxylic acids is 1. The molecule has 2 saturated heterocycles. The first-order valence-corrected chi connectivity index (χ1v) is 11.1. The van der Waals surface area contributed by atoms with Gasteiger partial charge in [0.1, 0.15) is 4.90 Å². The molecule has 2 aliphatic rings. The summed E-state index contributed by atoms with van der Waals surface area (Å²) in [6, 6.07) is 6.40. The average Bonchev–Trinajstić information content (AvgIpc) is 3.50. The Balaban J connectivity index is 0.000000383. The third-order valence-corrected chi connectivity index (χ3v) is 7.01. The highest BCUT2D eigenvalue weighted by Gasteiger charge is 2.47. The number of carboxylic acid groups (broad SMARTS) is 1. The number of halogens is 3. The average molecular weight is 491 g/mol. The normalized spacial score (nSPS) is 22.8. The van der Waals surface area contributed by atoms with Crippen LogP contribution in [0.2, 0.25) is 0 Å². The van der Waals surface area contributed by atoms with Crippen molar-refractivity contribution in [2.24, 2.45) is 11.8 Å². The lowest BCUT2D eigenvalue weighted by Crippen LogP contribution is -2.35. The Morgan fingerprint density at radius 3 is 2.55 bits per heavy atom. The van der Waals surface area contributed by atoms with Gasteiger partial charge in [0.25, 0.3) is 5.91 Å².